The van der Waals surface area contributed by atoms with Crippen LogP contribution >= 0.6 is 0 Å². The van der Waals surface area contributed by atoms with E-state index in [4.69, 9.17) is 10.5 Å². The van der Waals surface area contributed by atoms with Crippen LogP contribution in [0.3, 0.4) is 0 Å². The summed E-state index contributed by atoms with van der Waals surface area (Å²) < 4.78 is 5.27. The Bertz CT molecular complexity index is 656. The van der Waals surface area contributed by atoms with Crippen molar-refractivity contribution >= 4 is 17.7 Å². The van der Waals surface area contributed by atoms with Gasteiger partial charge in [-0.25, -0.2) is 4.98 Å². The van der Waals surface area contributed by atoms with Gasteiger partial charge >= 0.3 is 0 Å². The zero-order valence-corrected chi connectivity index (χ0v) is 15.6. The Hall–Kier alpha value is -1.93. The molecule has 1 spiro atoms. The molecular formula is C18H29N5O3. The van der Waals surface area contributed by atoms with E-state index in [0.29, 0.717) is 51.0 Å². The van der Waals surface area contributed by atoms with Crippen LogP contribution in [0.4, 0.5) is 11.8 Å². The fourth-order valence-electron chi connectivity index (χ4n) is 3.97. The van der Waals surface area contributed by atoms with Gasteiger partial charge < -0.3 is 25.4 Å². The van der Waals surface area contributed by atoms with Crippen molar-refractivity contribution < 1.29 is 14.6 Å². The first kappa shape index (κ1) is 18.8. The fraction of sp³-hybridized carbons (Fsp3) is 0.722. The molecule has 2 saturated heterocycles. The molecule has 144 valence electrons. The van der Waals surface area contributed by atoms with Crippen LogP contribution in [0.2, 0.25) is 0 Å². The molecule has 0 radical (unpaired) electrons. The molecule has 3 N–H and O–H groups in total. The van der Waals surface area contributed by atoms with Crippen LogP contribution in [-0.2, 0) is 9.53 Å². The molecule has 8 heteroatoms. The average molecular weight is 363 g/mol. The van der Waals surface area contributed by atoms with Crippen LogP contribution in [0.25, 0.3) is 0 Å². The number of carbonyl (C=O) groups excluding carboxylic acids is 1. The van der Waals surface area contributed by atoms with E-state index in [2.05, 4.69) is 14.9 Å². The second-order valence-corrected chi connectivity index (χ2v) is 7.38. The first-order valence-corrected chi connectivity index (χ1v) is 9.33. The standard InChI is InChI=1S/C18H29N5O3/c1-3-26-10-15(25)22-7-4-6-18(11-22)12-23(8-5-14(18)24)17-20-9-13(2)16(19)21-17/h9,14,24H,3-8,10-12H2,1-2H3,(H2,19,20,21)/t14-,18+/m1/s1. The van der Waals surface area contributed by atoms with E-state index in [-0.39, 0.29) is 17.9 Å². The van der Waals surface area contributed by atoms with Crippen LogP contribution in [0.15, 0.2) is 6.20 Å². The highest BCUT2D eigenvalue weighted by Gasteiger charge is 2.46. The minimum Gasteiger partial charge on any atom is -0.392 e. The molecule has 2 fully saturated rings. The monoisotopic (exact) mass is 363 g/mol. The highest BCUT2D eigenvalue weighted by Crippen LogP contribution is 2.39. The van der Waals surface area contributed by atoms with Crippen LogP contribution in [0.5, 0.6) is 0 Å². The summed E-state index contributed by atoms with van der Waals surface area (Å²) in [5.74, 6) is 1.07. The number of hydrogen-bond acceptors (Lipinski definition) is 7. The van der Waals surface area contributed by atoms with E-state index < -0.39 is 6.10 Å². The third-order valence-electron chi connectivity index (χ3n) is 5.56. The van der Waals surface area contributed by atoms with Crippen molar-refractivity contribution in [3.05, 3.63) is 11.8 Å². The summed E-state index contributed by atoms with van der Waals surface area (Å²) >= 11 is 0. The minimum atomic E-state index is -0.441. The number of ether oxygens (including phenoxy) is 1. The van der Waals surface area contributed by atoms with E-state index in [9.17, 15) is 9.90 Å². The quantitative estimate of drug-likeness (QED) is 0.806. The molecule has 0 saturated carbocycles. The topological polar surface area (TPSA) is 105 Å². The van der Waals surface area contributed by atoms with Crippen LogP contribution in [0, 0.1) is 12.3 Å². The van der Waals surface area contributed by atoms with Crippen LogP contribution < -0.4 is 10.6 Å². The van der Waals surface area contributed by atoms with Crippen molar-refractivity contribution in [2.24, 2.45) is 5.41 Å². The van der Waals surface area contributed by atoms with Crippen LogP contribution in [-0.4, -0.2) is 71.4 Å². The lowest BCUT2D eigenvalue weighted by Crippen LogP contribution is -2.60. The normalized spacial score (nSPS) is 26.3. The third-order valence-corrected chi connectivity index (χ3v) is 5.56. The summed E-state index contributed by atoms with van der Waals surface area (Å²) in [4.78, 5) is 25.1. The summed E-state index contributed by atoms with van der Waals surface area (Å²) in [6.45, 7) is 6.93. The molecule has 1 amide bonds. The lowest BCUT2D eigenvalue weighted by atomic mass is 9.71. The maximum Gasteiger partial charge on any atom is 0.248 e. The van der Waals surface area contributed by atoms with Gasteiger partial charge in [0.2, 0.25) is 11.9 Å². The zero-order chi connectivity index (χ0) is 18.7. The minimum absolute atomic E-state index is 0.00826. The van der Waals surface area contributed by atoms with E-state index in [1.807, 2.05) is 18.7 Å². The highest BCUT2D eigenvalue weighted by molar-refractivity contribution is 5.77. The number of piperidine rings is 2. The lowest BCUT2D eigenvalue weighted by molar-refractivity contribution is -0.142. The van der Waals surface area contributed by atoms with Gasteiger partial charge in [0.1, 0.15) is 12.4 Å². The number of anilines is 2. The van der Waals surface area contributed by atoms with Crippen molar-refractivity contribution in [2.75, 3.05) is 50.0 Å². The Morgan fingerprint density at radius 3 is 3.00 bits per heavy atom. The van der Waals surface area contributed by atoms with E-state index >= 15 is 0 Å². The molecule has 3 rings (SSSR count). The van der Waals surface area contributed by atoms with Gasteiger partial charge in [-0.05, 0) is 33.1 Å². The molecule has 0 unspecified atom stereocenters. The third kappa shape index (κ3) is 3.76. The number of likely N-dealkylation sites (tertiary alicyclic amines) is 1. The van der Waals surface area contributed by atoms with E-state index in [1.54, 1.807) is 6.20 Å². The van der Waals surface area contributed by atoms with Gasteiger partial charge in [-0.2, -0.15) is 4.98 Å². The Morgan fingerprint density at radius 1 is 1.46 bits per heavy atom. The zero-order valence-electron chi connectivity index (χ0n) is 15.6. The molecule has 2 aliphatic heterocycles. The SMILES string of the molecule is CCOCC(=O)N1CCC[C@]2(C1)CN(c1ncc(C)c(N)n1)CC[C@H]2O. The number of carbonyl (C=O) groups is 1. The number of aliphatic hydroxyl groups excluding tert-OH is 1. The van der Waals surface area contributed by atoms with Gasteiger partial charge in [-0.3, -0.25) is 4.79 Å². The lowest BCUT2D eigenvalue weighted by Gasteiger charge is -2.51. The number of nitrogens with two attached hydrogens (primary N) is 1. The molecule has 3 heterocycles. The predicted octanol–water partition coefficient (Wildman–Crippen LogP) is 0.584. The van der Waals surface area contributed by atoms with E-state index in [1.165, 1.54) is 0 Å². The number of aryl methyl sites for hydroxylation is 1. The van der Waals surface area contributed by atoms with Gasteiger partial charge in [0, 0.05) is 50.0 Å². The molecule has 0 aromatic carbocycles. The molecule has 8 nitrogen and oxygen atoms in total. The number of aromatic nitrogens is 2. The van der Waals surface area contributed by atoms with Crippen molar-refractivity contribution in [1.29, 1.82) is 0 Å². The summed E-state index contributed by atoms with van der Waals surface area (Å²) in [6, 6.07) is 0. The van der Waals surface area contributed by atoms with Crippen molar-refractivity contribution in [1.82, 2.24) is 14.9 Å². The second-order valence-electron chi connectivity index (χ2n) is 7.38. The number of hydrogen-bond donors (Lipinski definition) is 2. The van der Waals surface area contributed by atoms with Crippen LogP contribution in [0.1, 0.15) is 31.7 Å². The number of rotatable bonds is 4. The summed E-state index contributed by atoms with van der Waals surface area (Å²) in [6.07, 6.45) is 3.67. The smallest absolute Gasteiger partial charge is 0.248 e. The predicted molar refractivity (Wildman–Crippen MR) is 98.8 cm³/mol. The highest BCUT2D eigenvalue weighted by atomic mass is 16.5. The molecule has 0 aliphatic carbocycles. The maximum atomic E-state index is 12.4. The fourth-order valence-corrected chi connectivity index (χ4v) is 3.97. The Morgan fingerprint density at radius 2 is 2.27 bits per heavy atom. The van der Waals surface area contributed by atoms with Gasteiger partial charge in [-0.15, -0.1) is 0 Å². The number of nitrogens with zero attached hydrogens (tertiary/aromatic N) is 4. The second kappa shape index (κ2) is 7.75. The molecule has 1 aromatic heterocycles. The molecule has 1 aromatic rings. The summed E-state index contributed by atoms with van der Waals surface area (Å²) in [5.41, 5.74) is 6.43. The summed E-state index contributed by atoms with van der Waals surface area (Å²) in [5, 5.41) is 10.8. The number of nitrogen functional groups attached to an aromatic ring is 1. The molecule has 0 bridgehead atoms. The first-order chi connectivity index (χ1) is 12.4. The molecule has 2 aliphatic rings. The van der Waals surface area contributed by atoms with Crippen molar-refractivity contribution in [3.8, 4) is 0 Å². The molecule has 26 heavy (non-hydrogen) atoms. The Balaban J connectivity index is 1.76. The van der Waals surface area contributed by atoms with Crippen molar-refractivity contribution in [2.45, 2.75) is 39.2 Å². The van der Waals surface area contributed by atoms with E-state index in [0.717, 1.165) is 18.4 Å². The van der Waals surface area contributed by atoms with Gasteiger partial charge in [0.05, 0.1) is 6.10 Å². The van der Waals surface area contributed by atoms with Gasteiger partial charge in [0.15, 0.2) is 0 Å². The van der Waals surface area contributed by atoms with Gasteiger partial charge in [-0.1, -0.05) is 0 Å². The average Bonchev–Trinajstić information content (AvgIpc) is 2.64. The maximum absolute atomic E-state index is 12.4. The molecular weight excluding hydrogens is 334 g/mol. The first-order valence-electron chi connectivity index (χ1n) is 9.33. The Labute approximate surface area is 154 Å². The molecule has 2 atom stereocenters. The Kier molecular flexibility index (Phi) is 5.62. The number of aliphatic hydroxyl groups is 1. The number of amides is 1. The largest absolute Gasteiger partial charge is 0.392 e. The summed E-state index contributed by atoms with van der Waals surface area (Å²) in [7, 11) is 0. The van der Waals surface area contributed by atoms with Crippen molar-refractivity contribution in [3.63, 3.8) is 0 Å². The van der Waals surface area contributed by atoms with Gasteiger partial charge in [0.25, 0.3) is 0 Å².